The maximum atomic E-state index is 10.2. The first-order valence-electron chi connectivity index (χ1n) is 10.8. The summed E-state index contributed by atoms with van der Waals surface area (Å²) in [6, 6.07) is 22.6. The summed E-state index contributed by atoms with van der Waals surface area (Å²) in [4.78, 5) is 4.60. The molecule has 1 saturated carbocycles. The normalized spacial score (nSPS) is 15.1. The Morgan fingerprint density at radius 1 is 0.935 bits per heavy atom. The molecular weight excluding hydrogens is 384 g/mol. The molecule has 31 heavy (non-hydrogen) atoms. The minimum atomic E-state index is -0.576. The van der Waals surface area contributed by atoms with Gasteiger partial charge in [0.05, 0.1) is 22.7 Å². The van der Waals surface area contributed by atoms with Crippen molar-refractivity contribution < 1.29 is 9.84 Å². The van der Waals surface area contributed by atoms with Crippen LogP contribution in [0.2, 0.25) is 0 Å². The number of fused-ring (bicyclic) bond motifs is 1. The number of benzene rings is 3. The van der Waals surface area contributed by atoms with Crippen molar-refractivity contribution in [3.05, 3.63) is 89.7 Å². The van der Waals surface area contributed by atoms with Crippen LogP contribution in [-0.2, 0) is 5.60 Å². The van der Waals surface area contributed by atoms with Gasteiger partial charge >= 0.3 is 0 Å². The molecule has 1 aromatic heterocycles. The summed E-state index contributed by atoms with van der Waals surface area (Å²) in [5, 5.41) is 10.2. The number of aromatic nitrogens is 2. The lowest BCUT2D eigenvalue weighted by molar-refractivity contribution is 0.151. The third kappa shape index (κ3) is 4.12. The molecule has 0 bridgehead atoms. The molecule has 1 N–H and O–H groups in total. The summed E-state index contributed by atoms with van der Waals surface area (Å²) in [5.41, 5.74) is 5.73. The van der Waals surface area contributed by atoms with Gasteiger partial charge in [-0.15, -0.1) is 0 Å². The van der Waals surface area contributed by atoms with Crippen LogP contribution in [0.15, 0.2) is 73.1 Å². The van der Waals surface area contributed by atoms with E-state index < -0.39 is 5.60 Å². The van der Waals surface area contributed by atoms with Gasteiger partial charge in [-0.2, -0.15) is 0 Å². The molecule has 5 rings (SSSR count). The second kappa shape index (κ2) is 7.71. The molecule has 1 heterocycles. The maximum Gasteiger partial charge on any atom is 0.119 e. The molecule has 0 radical (unpaired) electrons. The van der Waals surface area contributed by atoms with Crippen molar-refractivity contribution in [1.82, 2.24) is 9.55 Å². The van der Waals surface area contributed by atoms with Crippen LogP contribution < -0.4 is 4.74 Å². The third-order valence-electron chi connectivity index (χ3n) is 5.70. The fourth-order valence-corrected chi connectivity index (χ4v) is 3.80. The predicted molar refractivity (Wildman–Crippen MR) is 125 cm³/mol. The lowest BCUT2D eigenvalue weighted by atomic mass is 10.0. The zero-order valence-corrected chi connectivity index (χ0v) is 17.8. The number of imidazole rings is 1. The number of aliphatic hydroxyl groups is 1. The van der Waals surface area contributed by atoms with Crippen molar-refractivity contribution in [2.24, 2.45) is 0 Å². The van der Waals surface area contributed by atoms with Gasteiger partial charge in [0.1, 0.15) is 12.1 Å². The van der Waals surface area contributed by atoms with Gasteiger partial charge in [0, 0.05) is 5.69 Å². The first-order valence-corrected chi connectivity index (χ1v) is 10.8. The first kappa shape index (κ1) is 19.6. The Morgan fingerprint density at radius 3 is 2.29 bits per heavy atom. The third-order valence-corrected chi connectivity index (χ3v) is 5.70. The van der Waals surface area contributed by atoms with Gasteiger partial charge in [0.2, 0.25) is 0 Å². The van der Waals surface area contributed by atoms with Gasteiger partial charge in [-0.25, -0.2) is 4.98 Å². The number of ether oxygens (including phenoxy) is 1. The molecule has 156 valence electrons. The Bertz CT molecular complexity index is 1230. The topological polar surface area (TPSA) is 47.3 Å². The zero-order valence-electron chi connectivity index (χ0n) is 17.8. The second-order valence-electron chi connectivity index (χ2n) is 8.51. The summed E-state index contributed by atoms with van der Waals surface area (Å²) >= 11 is 0. The standard InChI is InChI=1S/C27H26N2O2/c1-19(2)31-24-12-10-23(11-13-24)29-18-28-25-17-21(7-14-26(25)29)4-3-20-5-8-22(9-6-20)27(30)15-16-27/h3-14,17-19,30H,15-16H2,1-2H3/b4-3-. The summed E-state index contributed by atoms with van der Waals surface area (Å²) in [7, 11) is 0. The summed E-state index contributed by atoms with van der Waals surface area (Å²) in [6.45, 7) is 4.05. The molecule has 4 heteroatoms. The van der Waals surface area contributed by atoms with Gasteiger partial charge in [-0.1, -0.05) is 42.5 Å². The summed E-state index contributed by atoms with van der Waals surface area (Å²) in [6.07, 6.45) is 7.94. The predicted octanol–water partition coefficient (Wildman–Crippen LogP) is 5.96. The van der Waals surface area contributed by atoms with Gasteiger partial charge in [-0.05, 0) is 79.8 Å². The molecule has 0 saturated heterocycles. The van der Waals surface area contributed by atoms with Crippen molar-refractivity contribution in [2.75, 3.05) is 0 Å². The Labute approximate surface area is 182 Å². The van der Waals surface area contributed by atoms with Gasteiger partial charge < -0.3 is 9.84 Å². The van der Waals surface area contributed by atoms with E-state index in [0.29, 0.717) is 0 Å². The van der Waals surface area contributed by atoms with E-state index in [1.165, 1.54) is 0 Å². The minimum absolute atomic E-state index is 0.161. The Kier molecular flexibility index (Phi) is 4.87. The fourth-order valence-electron chi connectivity index (χ4n) is 3.80. The van der Waals surface area contributed by atoms with E-state index in [-0.39, 0.29) is 6.10 Å². The molecule has 1 fully saturated rings. The molecule has 4 aromatic rings. The van der Waals surface area contributed by atoms with Crippen molar-refractivity contribution >= 4 is 23.2 Å². The monoisotopic (exact) mass is 410 g/mol. The fraction of sp³-hybridized carbons (Fsp3) is 0.222. The minimum Gasteiger partial charge on any atom is -0.491 e. The van der Waals surface area contributed by atoms with Gasteiger partial charge in [0.25, 0.3) is 0 Å². The van der Waals surface area contributed by atoms with Crippen LogP contribution in [0.4, 0.5) is 0 Å². The number of hydrogen-bond acceptors (Lipinski definition) is 3. The number of hydrogen-bond donors (Lipinski definition) is 1. The van der Waals surface area contributed by atoms with Crippen molar-refractivity contribution in [2.45, 2.75) is 38.4 Å². The van der Waals surface area contributed by atoms with Gasteiger partial charge in [-0.3, -0.25) is 4.57 Å². The molecule has 4 nitrogen and oxygen atoms in total. The van der Waals surface area contributed by atoms with Crippen LogP contribution in [0.5, 0.6) is 5.75 Å². The molecule has 0 amide bonds. The molecule has 0 spiro atoms. The Balaban J connectivity index is 1.34. The van der Waals surface area contributed by atoms with Crippen molar-refractivity contribution in [3.63, 3.8) is 0 Å². The average Bonchev–Trinajstić information content (AvgIpc) is 3.39. The molecule has 0 atom stereocenters. The van der Waals surface area contributed by atoms with Crippen LogP contribution in [0.3, 0.4) is 0 Å². The molecule has 0 aliphatic heterocycles. The van der Waals surface area contributed by atoms with E-state index in [0.717, 1.165) is 52.0 Å². The Morgan fingerprint density at radius 2 is 1.61 bits per heavy atom. The SMILES string of the molecule is CC(C)Oc1ccc(-n2cnc3cc(/C=C\c4ccc(C5(O)CC5)cc4)ccc32)cc1. The van der Waals surface area contributed by atoms with E-state index >= 15 is 0 Å². The average molecular weight is 411 g/mol. The molecule has 1 aliphatic carbocycles. The highest BCUT2D eigenvalue weighted by molar-refractivity contribution is 5.82. The summed E-state index contributed by atoms with van der Waals surface area (Å²) in [5.74, 6) is 0.870. The van der Waals surface area contributed by atoms with Crippen LogP contribution in [0.25, 0.3) is 28.9 Å². The largest absolute Gasteiger partial charge is 0.491 e. The Hall–Kier alpha value is -3.37. The maximum absolute atomic E-state index is 10.2. The molecule has 3 aromatic carbocycles. The molecular formula is C27H26N2O2. The van der Waals surface area contributed by atoms with Crippen molar-refractivity contribution in [1.29, 1.82) is 0 Å². The van der Waals surface area contributed by atoms with E-state index in [1.54, 1.807) is 0 Å². The quantitative estimate of drug-likeness (QED) is 0.399. The lowest BCUT2D eigenvalue weighted by Crippen LogP contribution is -2.05. The van der Waals surface area contributed by atoms with Crippen LogP contribution >= 0.6 is 0 Å². The molecule has 0 unspecified atom stereocenters. The zero-order chi connectivity index (χ0) is 21.4. The van der Waals surface area contributed by atoms with Crippen LogP contribution in [-0.4, -0.2) is 20.8 Å². The lowest BCUT2D eigenvalue weighted by Gasteiger charge is -2.10. The van der Waals surface area contributed by atoms with Crippen molar-refractivity contribution in [3.8, 4) is 11.4 Å². The van der Waals surface area contributed by atoms with Crippen LogP contribution in [0, 0.1) is 0 Å². The smallest absolute Gasteiger partial charge is 0.119 e. The van der Waals surface area contributed by atoms with Gasteiger partial charge in [0.15, 0.2) is 0 Å². The highest BCUT2D eigenvalue weighted by Crippen LogP contribution is 2.45. The van der Waals surface area contributed by atoms with E-state index in [9.17, 15) is 5.11 Å². The highest BCUT2D eigenvalue weighted by atomic mass is 16.5. The summed E-state index contributed by atoms with van der Waals surface area (Å²) < 4.78 is 7.82. The molecule has 1 aliphatic rings. The van der Waals surface area contributed by atoms with E-state index in [4.69, 9.17) is 4.74 Å². The second-order valence-corrected chi connectivity index (χ2v) is 8.51. The van der Waals surface area contributed by atoms with E-state index in [1.807, 2.05) is 44.4 Å². The van der Waals surface area contributed by atoms with Crippen LogP contribution in [0.1, 0.15) is 43.4 Å². The number of rotatable bonds is 6. The van der Waals surface area contributed by atoms with E-state index in [2.05, 4.69) is 64.2 Å². The first-order chi connectivity index (χ1) is 15.0. The highest BCUT2D eigenvalue weighted by Gasteiger charge is 2.41. The number of nitrogens with zero attached hydrogens (tertiary/aromatic N) is 2.